The van der Waals surface area contributed by atoms with Crippen molar-refractivity contribution in [1.82, 2.24) is 0 Å². The molecule has 0 amide bonds. The second-order valence-electron chi connectivity index (χ2n) is 12.4. The molecule has 0 aromatic carbocycles. The standard InChI is InChI=1S/C30H36O9/c1-19-8-9-22-27(2,17-37-25(32)20-6-4-14-34-20)23(38-26(33)21-7-5-15-35-21)10-11-28(22,3)30(19)13-12-29(39-30)16-24(31)36-18-29/h4-7,14-15,19,22-23H,8-13,16-18H2,1-3H3/t19-,22+,23+,27+,28+,29-,30-/m1/s1. The first-order valence-electron chi connectivity index (χ1n) is 13.9. The minimum absolute atomic E-state index is 0.0157. The molecule has 39 heavy (non-hydrogen) atoms. The highest BCUT2D eigenvalue weighted by atomic mass is 16.6. The van der Waals surface area contributed by atoms with Gasteiger partial charge < -0.3 is 27.8 Å². The Morgan fingerprint density at radius 3 is 2.33 bits per heavy atom. The highest BCUT2D eigenvalue weighted by molar-refractivity contribution is 5.87. The molecule has 6 rings (SSSR count). The smallest absolute Gasteiger partial charge is 0.374 e. The zero-order chi connectivity index (χ0) is 27.5. The van der Waals surface area contributed by atoms with Crippen LogP contribution in [-0.4, -0.2) is 48.4 Å². The molecule has 0 radical (unpaired) electrons. The summed E-state index contributed by atoms with van der Waals surface area (Å²) in [4.78, 5) is 38.0. The van der Waals surface area contributed by atoms with Crippen molar-refractivity contribution >= 4 is 17.9 Å². The van der Waals surface area contributed by atoms with Gasteiger partial charge in [-0.25, -0.2) is 9.59 Å². The Hall–Kier alpha value is -3.07. The lowest BCUT2D eigenvalue weighted by Crippen LogP contribution is -2.67. The zero-order valence-electron chi connectivity index (χ0n) is 22.7. The number of rotatable bonds is 5. The van der Waals surface area contributed by atoms with E-state index in [1.807, 2.05) is 0 Å². The minimum atomic E-state index is -0.703. The average molecular weight is 541 g/mol. The van der Waals surface area contributed by atoms with Crippen molar-refractivity contribution < 1.29 is 42.2 Å². The predicted octanol–water partition coefficient (Wildman–Crippen LogP) is 5.34. The maximum absolute atomic E-state index is 13.0. The van der Waals surface area contributed by atoms with E-state index >= 15 is 0 Å². The van der Waals surface area contributed by atoms with Gasteiger partial charge in [0.2, 0.25) is 11.5 Å². The molecule has 4 heterocycles. The molecule has 0 bridgehead atoms. The van der Waals surface area contributed by atoms with E-state index in [1.165, 1.54) is 12.5 Å². The van der Waals surface area contributed by atoms with E-state index in [0.29, 0.717) is 13.0 Å². The van der Waals surface area contributed by atoms with Crippen LogP contribution in [0.3, 0.4) is 0 Å². The van der Waals surface area contributed by atoms with E-state index in [0.717, 1.165) is 32.1 Å². The van der Waals surface area contributed by atoms with Crippen LogP contribution in [0.25, 0.3) is 0 Å². The summed E-state index contributed by atoms with van der Waals surface area (Å²) in [6.45, 7) is 6.93. The van der Waals surface area contributed by atoms with E-state index in [1.54, 1.807) is 24.3 Å². The normalized spacial score (nSPS) is 39.5. The van der Waals surface area contributed by atoms with Gasteiger partial charge in [-0.2, -0.15) is 0 Å². The molecular weight excluding hydrogens is 504 g/mol. The summed E-state index contributed by atoms with van der Waals surface area (Å²) in [5, 5.41) is 0. The number of furan rings is 2. The first-order chi connectivity index (χ1) is 18.6. The molecule has 2 aromatic heterocycles. The number of cyclic esters (lactones) is 1. The van der Waals surface area contributed by atoms with E-state index in [2.05, 4.69) is 20.8 Å². The molecular formula is C30H36O9. The molecule has 0 unspecified atom stereocenters. The van der Waals surface area contributed by atoms with E-state index < -0.39 is 34.7 Å². The van der Waals surface area contributed by atoms with Gasteiger partial charge in [-0.1, -0.05) is 20.8 Å². The van der Waals surface area contributed by atoms with Gasteiger partial charge in [-0.3, -0.25) is 4.79 Å². The molecule has 4 fully saturated rings. The zero-order valence-corrected chi connectivity index (χ0v) is 22.7. The average Bonchev–Trinajstić information content (AvgIpc) is 3.72. The molecule has 9 heteroatoms. The Morgan fingerprint density at radius 2 is 1.69 bits per heavy atom. The van der Waals surface area contributed by atoms with Crippen molar-refractivity contribution in [2.75, 3.05) is 13.2 Å². The summed E-state index contributed by atoms with van der Waals surface area (Å²) >= 11 is 0. The van der Waals surface area contributed by atoms with Crippen LogP contribution in [0.15, 0.2) is 45.6 Å². The van der Waals surface area contributed by atoms with Gasteiger partial charge in [0.25, 0.3) is 0 Å². The monoisotopic (exact) mass is 540 g/mol. The maximum atomic E-state index is 13.0. The topological polar surface area (TPSA) is 114 Å². The van der Waals surface area contributed by atoms with E-state index in [4.69, 9.17) is 27.8 Å². The minimum Gasteiger partial charge on any atom is -0.463 e. The molecule has 2 saturated carbocycles. The highest BCUT2D eigenvalue weighted by Gasteiger charge is 2.70. The Kier molecular flexibility index (Phi) is 6.21. The third kappa shape index (κ3) is 4.03. The van der Waals surface area contributed by atoms with Gasteiger partial charge in [0, 0.05) is 10.8 Å². The Morgan fingerprint density at radius 1 is 0.974 bits per heavy atom. The first kappa shape index (κ1) is 26.2. The fourth-order valence-corrected chi connectivity index (χ4v) is 8.36. The van der Waals surface area contributed by atoms with Gasteiger partial charge in [-0.05, 0) is 74.6 Å². The summed E-state index contributed by atoms with van der Waals surface area (Å²) in [7, 11) is 0. The lowest BCUT2D eigenvalue weighted by atomic mass is 9.43. The molecule has 0 N–H and O–H groups in total. The van der Waals surface area contributed by atoms with Gasteiger partial charge >= 0.3 is 17.9 Å². The lowest BCUT2D eigenvalue weighted by Gasteiger charge is -2.65. The van der Waals surface area contributed by atoms with Crippen LogP contribution < -0.4 is 0 Å². The molecule has 2 saturated heterocycles. The Balaban J connectivity index is 1.33. The van der Waals surface area contributed by atoms with Gasteiger partial charge in [0.1, 0.15) is 24.9 Å². The molecule has 4 aliphatic rings. The molecule has 2 aliphatic carbocycles. The van der Waals surface area contributed by atoms with Gasteiger partial charge in [0.15, 0.2) is 0 Å². The molecule has 210 valence electrons. The number of ether oxygens (including phenoxy) is 4. The molecule has 2 spiro atoms. The number of carbonyl (C=O) groups is 3. The number of hydrogen-bond donors (Lipinski definition) is 0. The van der Waals surface area contributed by atoms with Crippen molar-refractivity contribution in [3.8, 4) is 0 Å². The maximum Gasteiger partial charge on any atom is 0.374 e. The van der Waals surface area contributed by atoms with Crippen molar-refractivity contribution in [1.29, 1.82) is 0 Å². The van der Waals surface area contributed by atoms with Crippen molar-refractivity contribution in [2.45, 2.75) is 83.0 Å². The number of hydrogen-bond acceptors (Lipinski definition) is 9. The van der Waals surface area contributed by atoms with Crippen LogP contribution in [-0.2, 0) is 23.7 Å². The molecule has 9 nitrogen and oxygen atoms in total. The van der Waals surface area contributed by atoms with Crippen LogP contribution in [0.2, 0.25) is 0 Å². The summed E-state index contributed by atoms with van der Waals surface area (Å²) in [6, 6.07) is 6.44. The Bertz CT molecular complexity index is 1240. The second-order valence-corrected chi connectivity index (χ2v) is 12.4. The first-order valence-corrected chi connectivity index (χ1v) is 13.9. The molecule has 2 aliphatic heterocycles. The molecule has 7 atom stereocenters. The van der Waals surface area contributed by atoms with Crippen molar-refractivity contribution in [2.24, 2.45) is 22.7 Å². The SMILES string of the molecule is C[C@@H]1CC[C@H]2[C@](C)(COC(=O)c3ccco3)[C@@H](OC(=O)c3ccco3)CC[C@]2(C)[C@@]12CC[C@@]1(COC(=O)C1)O2. The van der Waals surface area contributed by atoms with E-state index in [-0.39, 0.29) is 47.8 Å². The van der Waals surface area contributed by atoms with E-state index in [9.17, 15) is 14.4 Å². The fourth-order valence-electron chi connectivity index (χ4n) is 8.36. The van der Waals surface area contributed by atoms with Crippen LogP contribution >= 0.6 is 0 Å². The number of carbonyl (C=O) groups excluding carboxylic acids is 3. The van der Waals surface area contributed by atoms with Crippen molar-refractivity contribution in [3.63, 3.8) is 0 Å². The third-order valence-electron chi connectivity index (χ3n) is 10.4. The summed E-state index contributed by atoms with van der Waals surface area (Å²) < 4.78 is 34.9. The van der Waals surface area contributed by atoms with Crippen LogP contribution in [0.1, 0.15) is 86.8 Å². The van der Waals surface area contributed by atoms with Crippen molar-refractivity contribution in [3.05, 3.63) is 48.3 Å². The summed E-state index contributed by atoms with van der Waals surface area (Å²) in [6.07, 6.45) is 7.37. The summed E-state index contributed by atoms with van der Waals surface area (Å²) in [5.74, 6) is -0.746. The summed E-state index contributed by atoms with van der Waals surface area (Å²) in [5.41, 5.74) is -2.06. The lowest BCUT2D eigenvalue weighted by molar-refractivity contribution is -0.265. The number of esters is 3. The van der Waals surface area contributed by atoms with Crippen LogP contribution in [0, 0.1) is 22.7 Å². The number of fused-ring (bicyclic) bond motifs is 2. The van der Waals surface area contributed by atoms with Gasteiger partial charge in [-0.15, -0.1) is 0 Å². The fraction of sp³-hybridized carbons (Fsp3) is 0.633. The second kappa shape index (κ2) is 9.25. The predicted molar refractivity (Wildman–Crippen MR) is 136 cm³/mol. The van der Waals surface area contributed by atoms with Crippen LogP contribution in [0.5, 0.6) is 0 Å². The highest BCUT2D eigenvalue weighted by Crippen LogP contribution is 2.68. The van der Waals surface area contributed by atoms with Crippen LogP contribution in [0.4, 0.5) is 0 Å². The van der Waals surface area contributed by atoms with Gasteiger partial charge in [0.05, 0.1) is 24.5 Å². The largest absolute Gasteiger partial charge is 0.463 e. The quantitative estimate of drug-likeness (QED) is 0.366. The third-order valence-corrected chi connectivity index (χ3v) is 10.4. The Labute approximate surface area is 227 Å². The molecule has 2 aromatic rings.